The number of amides is 1. The number of carbonyl (C=O) groups is 1. The fraction of sp³-hybridized carbons (Fsp3) is 0.143. The topological polar surface area (TPSA) is 62.7 Å². The molecule has 0 unspecified atom stereocenters. The molecular formula is C14H14N4O. The monoisotopic (exact) mass is 254 g/mol. The van der Waals surface area contributed by atoms with E-state index in [1.165, 1.54) is 0 Å². The molecule has 2 heterocycles. The van der Waals surface area contributed by atoms with Crippen molar-refractivity contribution in [2.45, 2.75) is 6.92 Å². The van der Waals surface area contributed by atoms with Crippen LogP contribution in [0.3, 0.4) is 0 Å². The predicted molar refractivity (Wildman–Crippen MR) is 74.2 cm³/mol. The van der Waals surface area contributed by atoms with Crippen molar-refractivity contribution in [1.29, 1.82) is 0 Å². The molecule has 3 rings (SSSR count). The molecule has 1 amide bonds. The van der Waals surface area contributed by atoms with E-state index in [9.17, 15) is 4.79 Å². The van der Waals surface area contributed by atoms with Crippen LogP contribution in [0.15, 0.2) is 36.7 Å². The average Bonchev–Trinajstić information content (AvgIpc) is 2.91. The van der Waals surface area contributed by atoms with Gasteiger partial charge in [-0.2, -0.15) is 5.10 Å². The third-order valence-electron chi connectivity index (χ3n) is 3.08. The average molecular weight is 254 g/mol. The van der Waals surface area contributed by atoms with Crippen molar-refractivity contribution in [1.82, 2.24) is 14.8 Å². The van der Waals surface area contributed by atoms with Crippen molar-refractivity contribution in [3.8, 4) is 0 Å². The molecule has 0 aliphatic heterocycles. The summed E-state index contributed by atoms with van der Waals surface area (Å²) in [6.07, 6.45) is 3.39. The number of H-pyrrole nitrogens is 1. The van der Waals surface area contributed by atoms with Crippen LogP contribution in [0, 0.1) is 6.92 Å². The minimum atomic E-state index is -0.122. The Kier molecular flexibility index (Phi) is 2.59. The van der Waals surface area contributed by atoms with Crippen LogP contribution in [0.25, 0.3) is 10.9 Å². The summed E-state index contributed by atoms with van der Waals surface area (Å²) in [4.78, 5) is 15.6. The van der Waals surface area contributed by atoms with Crippen LogP contribution in [-0.4, -0.2) is 20.7 Å². The summed E-state index contributed by atoms with van der Waals surface area (Å²) in [6, 6.07) is 7.78. The van der Waals surface area contributed by atoms with Crippen LogP contribution < -0.4 is 5.32 Å². The normalized spacial score (nSPS) is 10.8. The van der Waals surface area contributed by atoms with E-state index in [2.05, 4.69) is 15.4 Å². The Morgan fingerprint density at radius 2 is 2.16 bits per heavy atom. The number of aryl methyl sites for hydroxylation is 2. The molecule has 0 aliphatic carbocycles. The number of aromatic amines is 1. The Balaban J connectivity index is 1.99. The van der Waals surface area contributed by atoms with Gasteiger partial charge in [0.25, 0.3) is 5.91 Å². The number of fused-ring (bicyclic) bond motifs is 1. The summed E-state index contributed by atoms with van der Waals surface area (Å²) >= 11 is 0. The van der Waals surface area contributed by atoms with E-state index in [-0.39, 0.29) is 5.91 Å². The number of aromatic nitrogens is 3. The standard InChI is InChI=1S/C14H14N4O/c1-9-13(11-5-3-4-6-12(11)16-9)14(19)17-10-7-15-18(2)8-10/h3-8,16H,1-2H3,(H,17,19). The van der Waals surface area contributed by atoms with E-state index in [4.69, 9.17) is 0 Å². The number of carbonyl (C=O) groups excluding carboxylic acids is 1. The molecule has 5 nitrogen and oxygen atoms in total. The highest BCUT2D eigenvalue weighted by atomic mass is 16.1. The van der Waals surface area contributed by atoms with Gasteiger partial charge in [-0.25, -0.2) is 0 Å². The maximum atomic E-state index is 12.4. The SMILES string of the molecule is Cc1[nH]c2ccccc2c1C(=O)Nc1cnn(C)c1. The van der Waals surface area contributed by atoms with Crippen molar-refractivity contribution >= 4 is 22.5 Å². The van der Waals surface area contributed by atoms with Gasteiger partial charge in [-0.1, -0.05) is 18.2 Å². The number of anilines is 1. The van der Waals surface area contributed by atoms with Gasteiger partial charge in [0, 0.05) is 29.8 Å². The van der Waals surface area contributed by atoms with Crippen LogP contribution in [-0.2, 0) is 7.05 Å². The predicted octanol–water partition coefficient (Wildman–Crippen LogP) is 2.46. The van der Waals surface area contributed by atoms with E-state index in [1.54, 1.807) is 17.1 Å². The maximum absolute atomic E-state index is 12.4. The third kappa shape index (κ3) is 1.99. The Morgan fingerprint density at radius 1 is 1.37 bits per heavy atom. The number of nitrogens with zero attached hydrogens (tertiary/aromatic N) is 2. The molecule has 0 aliphatic rings. The minimum Gasteiger partial charge on any atom is -0.358 e. The lowest BCUT2D eigenvalue weighted by Gasteiger charge is -2.02. The maximum Gasteiger partial charge on any atom is 0.258 e. The first-order valence-corrected chi connectivity index (χ1v) is 6.02. The molecule has 0 saturated carbocycles. The zero-order valence-corrected chi connectivity index (χ0v) is 10.8. The summed E-state index contributed by atoms with van der Waals surface area (Å²) in [5.74, 6) is -0.122. The van der Waals surface area contributed by atoms with E-state index >= 15 is 0 Å². The number of rotatable bonds is 2. The van der Waals surface area contributed by atoms with E-state index in [0.717, 1.165) is 16.6 Å². The summed E-state index contributed by atoms with van der Waals surface area (Å²) in [5.41, 5.74) is 3.20. The first-order chi connectivity index (χ1) is 9.15. The van der Waals surface area contributed by atoms with Gasteiger partial charge in [0.1, 0.15) is 0 Å². The number of nitrogens with one attached hydrogen (secondary N) is 2. The fourth-order valence-corrected chi connectivity index (χ4v) is 2.25. The number of hydrogen-bond acceptors (Lipinski definition) is 2. The number of para-hydroxylation sites is 1. The van der Waals surface area contributed by atoms with Crippen LogP contribution in [0.4, 0.5) is 5.69 Å². The number of benzene rings is 1. The Bertz CT molecular complexity index is 754. The first-order valence-electron chi connectivity index (χ1n) is 6.02. The van der Waals surface area contributed by atoms with Crippen LogP contribution in [0.5, 0.6) is 0 Å². The van der Waals surface area contributed by atoms with Gasteiger partial charge in [-0.05, 0) is 13.0 Å². The molecule has 0 bridgehead atoms. The lowest BCUT2D eigenvalue weighted by Crippen LogP contribution is -2.12. The molecule has 0 fully saturated rings. The van der Waals surface area contributed by atoms with Crippen molar-refractivity contribution in [3.63, 3.8) is 0 Å². The summed E-state index contributed by atoms with van der Waals surface area (Å²) in [7, 11) is 1.81. The molecule has 0 radical (unpaired) electrons. The third-order valence-corrected chi connectivity index (χ3v) is 3.08. The van der Waals surface area contributed by atoms with E-state index in [0.29, 0.717) is 11.3 Å². The molecule has 19 heavy (non-hydrogen) atoms. The molecule has 1 aromatic carbocycles. The largest absolute Gasteiger partial charge is 0.358 e. The molecule has 5 heteroatoms. The lowest BCUT2D eigenvalue weighted by atomic mass is 10.1. The van der Waals surface area contributed by atoms with Gasteiger partial charge in [-0.3, -0.25) is 9.48 Å². The summed E-state index contributed by atoms with van der Waals surface area (Å²) in [6.45, 7) is 1.90. The first kappa shape index (κ1) is 11.5. The highest BCUT2D eigenvalue weighted by Gasteiger charge is 2.16. The molecule has 0 atom stereocenters. The molecular weight excluding hydrogens is 240 g/mol. The Hall–Kier alpha value is -2.56. The van der Waals surface area contributed by atoms with Gasteiger partial charge in [0.15, 0.2) is 0 Å². The van der Waals surface area contributed by atoms with Crippen LogP contribution in [0.2, 0.25) is 0 Å². The Labute approximate surface area is 110 Å². The molecule has 2 N–H and O–H groups in total. The highest BCUT2D eigenvalue weighted by molar-refractivity contribution is 6.13. The highest BCUT2D eigenvalue weighted by Crippen LogP contribution is 2.22. The second-order valence-corrected chi connectivity index (χ2v) is 4.53. The second-order valence-electron chi connectivity index (χ2n) is 4.53. The van der Waals surface area contributed by atoms with Gasteiger partial charge in [-0.15, -0.1) is 0 Å². The zero-order valence-electron chi connectivity index (χ0n) is 10.8. The summed E-state index contributed by atoms with van der Waals surface area (Å²) in [5, 5.41) is 7.82. The van der Waals surface area contributed by atoms with Crippen molar-refractivity contribution < 1.29 is 4.79 Å². The molecule has 3 aromatic rings. The lowest BCUT2D eigenvalue weighted by molar-refractivity contribution is 0.102. The van der Waals surface area contributed by atoms with Crippen LogP contribution >= 0.6 is 0 Å². The second kappa shape index (κ2) is 4.28. The van der Waals surface area contributed by atoms with Crippen molar-refractivity contribution in [3.05, 3.63) is 47.9 Å². The molecule has 0 saturated heterocycles. The molecule has 96 valence electrons. The van der Waals surface area contributed by atoms with Crippen molar-refractivity contribution in [2.75, 3.05) is 5.32 Å². The van der Waals surface area contributed by atoms with Gasteiger partial charge >= 0.3 is 0 Å². The van der Waals surface area contributed by atoms with Crippen LogP contribution in [0.1, 0.15) is 16.1 Å². The van der Waals surface area contributed by atoms with E-state index < -0.39 is 0 Å². The minimum absolute atomic E-state index is 0.122. The zero-order chi connectivity index (χ0) is 13.4. The Morgan fingerprint density at radius 3 is 2.89 bits per heavy atom. The van der Waals surface area contributed by atoms with E-state index in [1.807, 2.05) is 38.2 Å². The number of hydrogen-bond donors (Lipinski definition) is 2. The quantitative estimate of drug-likeness (QED) is 0.738. The van der Waals surface area contributed by atoms with Crippen molar-refractivity contribution in [2.24, 2.45) is 7.05 Å². The molecule has 0 spiro atoms. The fourth-order valence-electron chi connectivity index (χ4n) is 2.25. The summed E-state index contributed by atoms with van der Waals surface area (Å²) < 4.78 is 1.65. The molecule has 2 aromatic heterocycles. The van der Waals surface area contributed by atoms with Gasteiger partial charge < -0.3 is 10.3 Å². The van der Waals surface area contributed by atoms with Gasteiger partial charge in [0.2, 0.25) is 0 Å². The smallest absolute Gasteiger partial charge is 0.258 e. The van der Waals surface area contributed by atoms with Gasteiger partial charge in [0.05, 0.1) is 17.4 Å².